The Morgan fingerprint density at radius 2 is 1.24 bits per heavy atom. The maximum absolute atomic E-state index is 12.6. The van der Waals surface area contributed by atoms with Crippen LogP contribution in [0.5, 0.6) is 28.9 Å². The number of azo groups is 3. The van der Waals surface area contributed by atoms with Gasteiger partial charge in [-0.2, -0.15) is 30.4 Å². The maximum Gasteiger partial charge on any atom is 0.296 e. The fourth-order valence-corrected chi connectivity index (χ4v) is 7.64. The van der Waals surface area contributed by atoms with Crippen LogP contribution in [0.2, 0.25) is 0 Å². The smallest absolute Gasteiger partial charge is 0.296 e. The summed E-state index contributed by atoms with van der Waals surface area (Å²) in [5.41, 5.74) is 1.75. The van der Waals surface area contributed by atoms with Crippen LogP contribution in [0.25, 0.3) is 10.8 Å². The SMILES string of the molecule is CCOc1cc(/N=N/c2c(S(=O)(=O)O)cc3cc(S(=O)(=O)O)cc(O)c3c2O)c(OCC)cc1/N=N/c1ccc(/N=N/c2c(C)c(C(N)=O)c(=O)n(CC)c2O)cc1S(=O)(=O)O. The van der Waals surface area contributed by atoms with Gasteiger partial charge >= 0.3 is 0 Å². The fraction of sp³-hybridized carbons (Fsp3) is 0.200. The molecule has 27 heteroatoms. The number of phenolic OH excluding ortho intramolecular Hbond substituents is 2. The van der Waals surface area contributed by atoms with Gasteiger partial charge < -0.3 is 30.5 Å². The van der Waals surface area contributed by atoms with Gasteiger partial charge in [0.25, 0.3) is 41.8 Å². The number of hydrogen-bond donors (Lipinski definition) is 7. The highest BCUT2D eigenvalue weighted by Crippen LogP contribution is 2.47. The molecule has 328 valence electrons. The summed E-state index contributed by atoms with van der Waals surface area (Å²) < 4.78 is 115. The Morgan fingerprint density at radius 1 is 0.694 bits per heavy atom. The highest BCUT2D eigenvalue weighted by Gasteiger charge is 2.26. The third kappa shape index (κ3) is 9.51. The normalized spacial score (nSPS) is 12.6. The number of benzene rings is 4. The number of amides is 1. The molecule has 1 heterocycles. The van der Waals surface area contributed by atoms with E-state index in [1.165, 1.54) is 32.0 Å². The highest BCUT2D eigenvalue weighted by atomic mass is 32.2. The van der Waals surface area contributed by atoms with Crippen molar-refractivity contribution in [3.63, 3.8) is 0 Å². The van der Waals surface area contributed by atoms with Gasteiger partial charge in [0.1, 0.15) is 61.0 Å². The van der Waals surface area contributed by atoms with Gasteiger partial charge in [-0.05, 0) is 63.4 Å². The van der Waals surface area contributed by atoms with E-state index in [9.17, 15) is 63.8 Å². The van der Waals surface area contributed by atoms with E-state index in [1.807, 2.05) is 0 Å². The van der Waals surface area contributed by atoms with Crippen LogP contribution in [0, 0.1) is 6.92 Å². The largest absolute Gasteiger partial charge is 0.507 e. The van der Waals surface area contributed by atoms with Gasteiger partial charge in [-0.25, -0.2) is 0 Å². The molecule has 4 aromatic carbocycles. The maximum atomic E-state index is 12.6. The van der Waals surface area contributed by atoms with Crippen molar-refractivity contribution >= 4 is 81.2 Å². The van der Waals surface area contributed by atoms with Crippen molar-refractivity contribution in [3.05, 3.63) is 70.0 Å². The Kier molecular flexibility index (Phi) is 13.1. The van der Waals surface area contributed by atoms with Crippen molar-refractivity contribution in [3.8, 4) is 28.9 Å². The Balaban J connectivity index is 1.60. The summed E-state index contributed by atoms with van der Waals surface area (Å²) in [6, 6.07) is 7.52. The van der Waals surface area contributed by atoms with Gasteiger partial charge in [-0.3, -0.25) is 27.8 Å². The summed E-state index contributed by atoms with van der Waals surface area (Å²) in [4.78, 5) is 21.9. The summed E-state index contributed by atoms with van der Waals surface area (Å²) in [6.07, 6.45) is 0. The van der Waals surface area contributed by atoms with Crippen LogP contribution in [-0.4, -0.2) is 77.9 Å². The minimum absolute atomic E-state index is 0.00198. The lowest BCUT2D eigenvalue weighted by Crippen LogP contribution is -2.30. The predicted octanol–water partition coefficient (Wildman–Crippen LogP) is 6.33. The summed E-state index contributed by atoms with van der Waals surface area (Å²) in [5.74, 6) is -3.95. The molecular formula is C35H34N8O16S3. The number of primary amides is 1. The zero-order chi connectivity index (χ0) is 46.1. The van der Waals surface area contributed by atoms with Gasteiger partial charge in [-0.1, -0.05) is 0 Å². The Morgan fingerprint density at radius 3 is 1.76 bits per heavy atom. The molecule has 5 aromatic rings. The fourth-order valence-electron chi connectivity index (χ4n) is 5.80. The number of carbonyl (C=O) groups is 1. The van der Waals surface area contributed by atoms with E-state index in [0.717, 1.165) is 22.8 Å². The Hall–Kier alpha value is -6.91. The van der Waals surface area contributed by atoms with Crippen LogP contribution in [0.3, 0.4) is 0 Å². The summed E-state index contributed by atoms with van der Waals surface area (Å²) in [6.45, 7) is 5.87. The standard InChI is InChI=1S/C35H34N8O16S3/c1-5-43-34(47)28(33(36)46)16(4)30(35(43)48)41-37-18-8-9-20(26(12-18)61(52,53)54)38-39-21-14-25(59-7-3)22(15-24(21)58-6-2)40-42-31-27(62(55,56)57)11-17-10-19(60(49,50)51)13-23(44)29(17)32(31)45/h8-15,44-45,48H,5-7H2,1-4H3,(H2,36,46)(H,49,50,51)(H,52,53,54)(H,55,56,57)/b39-38+,41-37+,42-40+. The Bertz CT molecular complexity index is 3170. The van der Waals surface area contributed by atoms with E-state index in [1.54, 1.807) is 13.8 Å². The lowest BCUT2D eigenvalue weighted by molar-refractivity contribution is 0.0997. The number of pyridine rings is 1. The van der Waals surface area contributed by atoms with Gasteiger partial charge in [0, 0.05) is 30.3 Å². The first kappa shape index (κ1) is 46.2. The second-order valence-corrected chi connectivity index (χ2v) is 16.7. The van der Waals surface area contributed by atoms with Crippen LogP contribution < -0.4 is 20.8 Å². The highest BCUT2D eigenvalue weighted by molar-refractivity contribution is 7.86. The van der Waals surface area contributed by atoms with E-state index in [2.05, 4.69) is 30.7 Å². The molecule has 0 unspecified atom stereocenters. The molecular weight excluding hydrogens is 885 g/mol. The molecule has 0 spiro atoms. The van der Waals surface area contributed by atoms with Crippen molar-refractivity contribution in [2.75, 3.05) is 13.2 Å². The molecule has 0 saturated carbocycles. The van der Waals surface area contributed by atoms with Gasteiger partial charge in [0.15, 0.2) is 5.75 Å². The zero-order valence-electron chi connectivity index (χ0n) is 32.4. The molecule has 0 radical (unpaired) electrons. The molecule has 0 bridgehead atoms. The van der Waals surface area contributed by atoms with Crippen molar-refractivity contribution in [1.29, 1.82) is 0 Å². The van der Waals surface area contributed by atoms with Crippen LogP contribution in [0.15, 0.2) is 98.7 Å². The molecule has 1 amide bonds. The quantitative estimate of drug-likeness (QED) is 0.0445. The number of aromatic nitrogens is 1. The van der Waals surface area contributed by atoms with Crippen molar-refractivity contribution in [2.24, 2.45) is 36.4 Å². The molecule has 8 N–H and O–H groups in total. The molecule has 24 nitrogen and oxygen atoms in total. The first-order chi connectivity index (χ1) is 28.9. The number of ether oxygens (including phenoxy) is 2. The summed E-state index contributed by atoms with van der Waals surface area (Å²) in [7, 11) is -15.2. The van der Waals surface area contributed by atoms with Gasteiger partial charge in [-0.15, -0.1) is 25.6 Å². The van der Waals surface area contributed by atoms with Crippen LogP contribution >= 0.6 is 0 Å². The molecule has 0 saturated heterocycles. The molecule has 5 rings (SSSR count). The molecule has 0 aliphatic heterocycles. The van der Waals surface area contributed by atoms with Gasteiger partial charge in [0.05, 0.1) is 29.2 Å². The second-order valence-electron chi connectivity index (χ2n) is 12.5. The summed E-state index contributed by atoms with van der Waals surface area (Å²) in [5, 5.41) is 54.9. The molecule has 0 atom stereocenters. The second kappa shape index (κ2) is 17.6. The van der Waals surface area contributed by atoms with E-state index in [0.29, 0.717) is 12.1 Å². The number of nitrogens with zero attached hydrogens (tertiary/aromatic N) is 7. The number of nitrogens with two attached hydrogens (primary N) is 1. The Labute approximate surface area is 350 Å². The summed E-state index contributed by atoms with van der Waals surface area (Å²) >= 11 is 0. The van der Waals surface area contributed by atoms with E-state index in [-0.39, 0.29) is 59.6 Å². The monoisotopic (exact) mass is 918 g/mol. The molecule has 0 aliphatic carbocycles. The first-order valence-electron chi connectivity index (χ1n) is 17.5. The number of aromatic hydroxyl groups is 3. The number of fused-ring (bicyclic) bond motifs is 1. The van der Waals surface area contributed by atoms with Crippen LogP contribution in [-0.2, 0) is 36.9 Å². The van der Waals surface area contributed by atoms with Crippen LogP contribution in [0.1, 0.15) is 36.7 Å². The van der Waals surface area contributed by atoms with Gasteiger partial charge in [0.2, 0.25) is 5.88 Å². The minimum atomic E-state index is -5.23. The average molecular weight is 919 g/mol. The lowest BCUT2D eigenvalue weighted by atomic mass is 10.1. The predicted molar refractivity (Wildman–Crippen MR) is 216 cm³/mol. The zero-order valence-corrected chi connectivity index (χ0v) is 34.9. The molecule has 62 heavy (non-hydrogen) atoms. The number of phenols is 2. The van der Waals surface area contributed by atoms with E-state index >= 15 is 0 Å². The molecule has 0 fully saturated rings. The third-order valence-corrected chi connectivity index (χ3v) is 11.1. The first-order valence-corrected chi connectivity index (χ1v) is 21.8. The lowest BCUT2D eigenvalue weighted by Gasteiger charge is -2.13. The van der Waals surface area contributed by atoms with Crippen LogP contribution in [0.4, 0.5) is 34.1 Å². The van der Waals surface area contributed by atoms with E-state index < -0.39 is 102 Å². The average Bonchev–Trinajstić information content (AvgIpc) is 3.16. The number of rotatable bonds is 15. The van der Waals surface area contributed by atoms with Crippen molar-refractivity contribution in [1.82, 2.24) is 4.57 Å². The number of hydrogen-bond acceptors (Lipinski definition) is 19. The molecule has 1 aromatic heterocycles. The van der Waals surface area contributed by atoms with Crippen molar-refractivity contribution < 1.29 is 68.5 Å². The van der Waals surface area contributed by atoms with E-state index in [4.69, 9.17) is 15.2 Å². The topological polar surface area (TPSA) is 382 Å². The third-order valence-electron chi connectivity index (χ3n) is 8.55. The van der Waals surface area contributed by atoms with Crippen molar-refractivity contribution in [2.45, 2.75) is 48.9 Å². The molecule has 0 aliphatic rings. The minimum Gasteiger partial charge on any atom is -0.507 e. The number of carbonyl (C=O) groups excluding carboxylic acids is 1.